The monoisotopic (exact) mass is 292 g/mol. The summed E-state index contributed by atoms with van der Waals surface area (Å²) in [5.74, 6) is 2.91. The number of unbranched alkanes of at least 4 members (excludes halogenated alkanes) is 1. The van der Waals surface area contributed by atoms with Crippen molar-refractivity contribution in [3.63, 3.8) is 0 Å². The Kier molecular flexibility index (Phi) is 7.85. The molecule has 0 aromatic carbocycles. The molecule has 2 aliphatic carbocycles. The number of allylic oxidation sites excluding steroid dienone is 2. The first-order valence-corrected chi connectivity index (χ1v) is 9.61. The fourth-order valence-electron chi connectivity index (χ4n) is 4.26. The lowest BCUT2D eigenvalue weighted by atomic mass is 9.70. The SMILES string of the molecule is CC/C=C/[C@H]1CC[C@H]([C@H]2CC[C@H](OCCCC)CC2)CC1. The van der Waals surface area contributed by atoms with Crippen LogP contribution < -0.4 is 0 Å². The summed E-state index contributed by atoms with van der Waals surface area (Å²) in [6, 6.07) is 0. The largest absolute Gasteiger partial charge is 0.378 e. The lowest BCUT2D eigenvalue weighted by Crippen LogP contribution is -2.28. The third-order valence-electron chi connectivity index (χ3n) is 5.70. The van der Waals surface area contributed by atoms with Crippen LogP contribution in [0.25, 0.3) is 0 Å². The highest BCUT2D eigenvalue weighted by Crippen LogP contribution is 2.40. The van der Waals surface area contributed by atoms with E-state index < -0.39 is 0 Å². The van der Waals surface area contributed by atoms with E-state index in [1.54, 1.807) is 0 Å². The normalized spacial score (nSPS) is 34.4. The molecule has 2 saturated carbocycles. The Bertz CT molecular complexity index is 280. The zero-order chi connectivity index (χ0) is 14.9. The minimum absolute atomic E-state index is 0.580. The molecule has 2 fully saturated rings. The molecule has 0 aromatic heterocycles. The highest BCUT2D eigenvalue weighted by atomic mass is 16.5. The van der Waals surface area contributed by atoms with E-state index in [1.807, 2.05) is 0 Å². The van der Waals surface area contributed by atoms with Gasteiger partial charge in [0.25, 0.3) is 0 Å². The average molecular weight is 293 g/mol. The molecule has 0 heterocycles. The molecule has 1 nitrogen and oxygen atoms in total. The predicted molar refractivity (Wildman–Crippen MR) is 91.5 cm³/mol. The maximum absolute atomic E-state index is 6.01. The predicted octanol–water partition coefficient (Wildman–Crippen LogP) is 6.13. The quantitative estimate of drug-likeness (QED) is 0.405. The second-order valence-electron chi connectivity index (χ2n) is 7.27. The van der Waals surface area contributed by atoms with Gasteiger partial charge in [-0.05, 0) is 82.0 Å². The summed E-state index contributed by atoms with van der Waals surface area (Å²) < 4.78 is 6.01. The highest BCUT2D eigenvalue weighted by Gasteiger charge is 2.30. The van der Waals surface area contributed by atoms with Gasteiger partial charge in [0.2, 0.25) is 0 Å². The summed E-state index contributed by atoms with van der Waals surface area (Å²) >= 11 is 0. The van der Waals surface area contributed by atoms with Gasteiger partial charge in [0, 0.05) is 6.61 Å². The Morgan fingerprint density at radius 2 is 1.48 bits per heavy atom. The van der Waals surface area contributed by atoms with E-state index in [-0.39, 0.29) is 0 Å². The van der Waals surface area contributed by atoms with Gasteiger partial charge in [-0.1, -0.05) is 32.4 Å². The summed E-state index contributed by atoms with van der Waals surface area (Å²) in [5, 5.41) is 0. The first kappa shape index (κ1) is 17.1. The fourth-order valence-corrected chi connectivity index (χ4v) is 4.26. The van der Waals surface area contributed by atoms with Crippen LogP contribution in [-0.4, -0.2) is 12.7 Å². The van der Waals surface area contributed by atoms with Crippen LogP contribution in [0.15, 0.2) is 12.2 Å². The topological polar surface area (TPSA) is 9.23 Å². The first-order chi connectivity index (χ1) is 10.3. The Balaban J connectivity index is 1.63. The van der Waals surface area contributed by atoms with E-state index in [1.165, 1.54) is 70.6 Å². The lowest BCUT2D eigenvalue weighted by Gasteiger charge is -2.37. The van der Waals surface area contributed by atoms with Crippen molar-refractivity contribution in [2.75, 3.05) is 6.61 Å². The van der Waals surface area contributed by atoms with Crippen LogP contribution in [0.2, 0.25) is 0 Å². The number of ether oxygens (including phenoxy) is 1. The van der Waals surface area contributed by atoms with Crippen molar-refractivity contribution in [3.05, 3.63) is 12.2 Å². The second-order valence-corrected chi connectivity index (χ2v) is 7.27. The molecule has 122 valence electrons. The minimum atomic E-state index is 0.580. The average Bonchev–Trinajstić information content (AvgIpc) is 2.54. The van der Waals surface area contributed by atoms with Gasteiger partial charge < -0.3 is 4.74 Å². The molecule has 21 heavy (non-hydrogen) atoms. The molecular weight excluding hydrogens is 256 g/mol. The first-order valence-electron chi connectivity index (χ1n) is 9.61. The molecule has 0 spiro atoms. The molecule has 2 aliphatic rings. The maximum Gasteiger partial charge on any atom is 0.0575 e. The Labute approximate surface area is 132 Å². The van der Waals surface area contributed by atoms with Crippen LogP contribution in [0.4, 0.5) is 0 Å². The number of rotatable bonds is 7. The van der Waals surface area contributed by atoms with Gasteiger partial charge in [0.15, 0.2) is 0 Å². The number of hydrogen-bond acceptors (Lipinski definition) is 1. The molecule has 0 amide bonds. The van der Waals surface area contributed by atoms with E-state index in [9.17, 15) is 0 Å². The zero-order valence-electron chi connectivity index (χ0n) is 14.4. The Hall–Kier alpha value is -0.300. The van der Waals surface area contributed by atoms with Crippen molar-refractivity contribution in [3.8, 4) is 0 Å². The maximum atomic E-state index is 6.01. The van der Waals surface area contributed by atoms with Gasteiger partial charge in [-0.2, -0.15) is 0 Å². The summed E-state index contributed by atoms with van der Waals surface area (Å²) in [7, 11) is 0. The zero-order valence-corrected chi connectivity index (χ0v) is 14.4. The van der Waals surface area contributed by atoms with Crippen LogP contribution in [-0.2, 0) is 4.74 Å². The van der Waals surface area contributed by atoms with E-state index >= 15 is 0 Å². The molecule has 0 radical (unpaired) electrons. The molecule has 0 aromatic rings. The van der Waals surface area contributed by atoms with E-state index in [4.69, 9.17) is 4.74 Å². The molecule has 0 atom stereocenters. The summed E-state index contributed by atoms with van der Waals surface area (Å²) in [6.45, 7) is 5.47. The van der Waals surface area contributed by atoms with Crippen LogP contribution in [0.3, 0.4) is 0 Å². The highest BCUT2D eigenvalue weighted by molar-refractivity contribution is 4.92. The van der Waals surface area contributed by atoms with Crippen molar-refractivity contribution >= 4 is 0 Å². The van der Waals surface area contributed by atoms with Crippen molar-refractivity contribution in [2.24, 2.45) is 17.8 Å². The molecule has 0 bridgehead atoms. The summed E-state index contributed by atoms with van der Waals surface area (Å²) in [4.78, 5) is 0. The fraction of sp³-hybridized carbons (Fsp3) is 0.900. The molecule has 2 rings (SSSR count). The summed E-state index contributed by atoms with van der Waals surface area (Å²) in [6.07, 6.45) is 20.4. The summed E-state index contributed by atoms with van der Waals surface area (Å²) in [5.41, 5.74) is 0. The third kappa shape index (κ3) is 5.77. The van der Waals surface area contributed by atoms with Crippen LogP contribution in [0, 0.1) is 17.8 Å². The smallest absolute Gasteiger partial charge is 0.0575 e. The van der Waals surface area contributed by atoms with Crippen LogP contribution in [0.1, 0.15) is 84.5 Å². The van der Waals surface area contributed by atoms with E-state index in [2.05, 4.69) is 26.0 Å². The second kappa shape index (κ2) is 9.66. The van der Waals surface area contributed by atoms with Gasteiger partial charge in [-0.25, -0.2) is 0 Å². The molecule has 0 N–H and O–H groups in total. The third-order valence-corrected chi connectivity index (χ3v) is 5.70. The Morgan fingerprint density at radius 3 is 2.05 bits per heavy atom. The van der Waals surface area contributed by atoms with Gasteiger partial charge in [0.1, 0.15) is 0 Å². The molecule has 0 aliphatic heterocycles. The van der Waals surface area contributed by atoms with Crippen molar-refractivity contribution < 1.29 is 4.74 Å². The Morgan fingerprint density at radius 1 is 0.857 bits per heavy atom. The van der Waals surface area contributed by atoms with Gasteiger partial charge >= 0.3 is 0 Å². The standard InChI is InChI=1S/C20H36O/c1-3-5-7-17-8-10-18(11-9-17)19-12-14-20(15-13-19)21-16-6-4-2/h5,7,17-20H,3-4,6,8-16H2,1-2H3/b7-5+/t17-,18-,19-,20-. The molecular formula is C20H36O. The van der Waals surface area contributed by atoms with Gasteiger partial charge in [-0.15, -0.1) is 0 Å². The molecule has 1 heteroatoms. The minimum Gasteiger partial charge on any atom is -0.378 e. The van der Waals surface area contributed by atoms with Gasteiger partial charge in [0.05, 0.1) is 6.10 Å². The van der Waals surface area contributed by atoms with Gasteiger partial charge in [-0.3, -0.25) is 0 Å². The van der Waals surface area contributed by atoms with Crippen molar-refractivity contribution in [1.82, 2.24) is 0 Å². The van der Waals surface area contributed by atoms with E-state index in [0.717, 1.165) is 24.4 Å². The lowest BCUT2D eigenvalue weighted by molar-refractivity contribution is 0.00645. The van der Waals surface area contributed by atoms with Crippen LogP contribution >= 0.6 is 0 Å². The van der Waals surface area contributed by atoms with E-state index in [0.29, 0.717) is 6.10 Å². The van der Waals surface area contributed by atoms with Crippen molar-refractivity contribution in [1.29, 1.82) is 0 Å². The molecule has 0 unspecified atom stereocenters. The van der Waals surface area contributed by atoms with Crippen LogP contribution in [0.5, 0.6) is 0 Å². The molecule has 0 saturated heterocycles. The number of hydrogen-bond donors (Lipinski definition) is 0. The van der Waals surface area contributed by atoms with Crippen molar-refractivity contribution in [2.45, 2.75) is 90.6 Å².